The number of aliphatic carboxylic acids is 1. The summed E-state index contributed by atoms with van der Waals surface area (Å²) >= 11 is 0. The molecule has 0 saturated carbocycles. The predicted molar refractivity (Wildman–Crippen MR) is 73.1 cm³/mol. The Kier molecular flexibility index (Phi) is 11.4. The van der Waals surface area contributed by atoms with Crippen LogP contribution < -0.4 is 0 Å². The van der Waals surface area contributed by atoms with Crippen LogP contribution in [0, 0.1) is 0 Å². The summed E-state index contributed by atoms with van der Waals surface area (Å²) in [6.45, 7) is 7.60. The van der Waals surface area contributed by atoms with Crippen molar-refractivity contribution in [2.45, 2.75) is 32.0 Å². The van der Waals surface area contributed by atoms with Crippen molar-refractivity contribution in [2.75, 3.05) is 19.8 Å². The summed E-state index contributed by atoms with van der Waals surface area (Å²) in [5.74, 6) is -1.26. The van der Waals surface area contributed by atoms with Gasteiger partial charge in [-0.2, -0.15) is 0 Å². The van der Waals surface area contributed by atoms with E-state index < -0.39 is 18.2 Å². The highest BCUT2D eigenvalue weighted by atomic mass is 16.7. The SMILES string of the molecule is C=CCOC(COC(=O)CCCCC(=O)O)OCC=C. The first kappa shape index (κ1) is 18.3. The molecule has 0 bridgehead atoms. The summed E-state index contributed by atoms with van der Waals surface area (Å²) in [7, 11) is 0. The molecule has 0 atom stereocenters. The molecule has 0 aromatic carbocycles. The molecule has 6 nitrogen and oxygen atoms in total. The number of hydrogen-bond donors (Lipinski definition) is 1. The normalized spacial score (nSPS) is 10.2. The van der Waals surface area contributed by atoms with Gasteiger partial charge in [0.25, 0.3) is 0 Å². The van der Waals surface area contributed by atoms with Gasteiger partial charge in [0.15, 0.2) is 6.29 Å². The molecule has 0 heterocycles. The van der Waals surface area contributed by atoms with Crippen molar-refractivity contribution in [2.24, 2.45) is 0 Å². The molecule has 0 unspecified atom stereocenters. The van der Waals surface area contributed by atoms with Gasteiger partial charge in [-0.15, -0.1) is 13.2 Å². The van der Waals surface area contributed by atoms with Crippen molar-refractivity contribution in [3.8, 4) is 0 Å². The minimum Gasteiger partial charge on any atom is -0.481 e. The number of hydrogen-bond acceptors (Lipinski definition) is 5. The van der Waals surface area contributed by atoms with Gasteiger partial charge in [0.2, 0.25) is 0 Å². The summed E-state index contributed by atoms with van der Waals surface area (Å²) in [4.78, 5) is 21.7. The van der Waals surface area contributed by atoms with Crippen LogP contribution in [0.3, 0.4) is 0 Å². The van der Waals surface area contributed by atoms with Crippen LogP contribution in [0.4, 0.5) is 0 Å². The van der Waals surface area contributed by atoms with E-state index in [1.54, 1.807) is 12.2 Å². The van der Waals surface area contributed by atoms with Crippen molar-refractivity contribution < 1.29 is 28.9 Å². The number of carboxylic acids is 1. The predicted octanol–water partition coefficient (Wildman–Crippen LogP) is 1.91. The first-order chi connectivity index (χ1) is 9.60. The zero-order valence-corrected chi connectivity index (χ0v) is 11.6. The Morgan fingerprint density at radius 3 is 2.10 bits per heavy atom. The Morgan fingerprint density at radius 2 is 1.60 bits per heavy atom. The molecule has 0 aliphatic rings. The first-order valence-electron chi connectivity index (χ1n) is 6.42. The van der Waals surface area contributed by atoms with E-state index in [-0.39, 0.29) is 32.7 Å². The molecular weight excluding hydrogens is 264 g/mol. The van der Waals surface area contributed by atoms with Crippen molar-refractivity contribution in [1.82, 2.24) is 0 Å². The Balaban J connectivity index is 3.81. The standard InChI is InChI=1S/C14H22O6/c1-3-9-18-14(19-10-4-2)11-20-13(17)8-6-5-7-12(15)16/h3-4,14H,1-2,5-11H2,(H,15,16). The van der Waals surface area contributed by atoms with E-state index in [1.807, 2.05) is 0 Å². The lowest BCUT2D eigenvalue weighted by molar-refractivity contribution is -0.175. The van der Waals surface area contributed by atoms with Gasteiger partial charge in [0, 0.05) is 12.8 Å². The Hall–Kier alpha value is -1.66. The lowest BCUT2D eigenvalue weighted by Gasteiger charge is -2.16. The van der Waals surface area contributed by atoms with E-state index in [1.165, 1.54) is 0 Å². The van der Waals surface area contributed by atoms with Gasteiger partial charge < -0.3 is 19.3 Å². The molecule has 0 amide bonds. The smallest absolute Gasteiger partial charge is 0.305 e. The van der Waals surface area contributed by atoms with E-state index in [4.69, 9.17) is 19.3 Å². The second kappa shape index (κ2) is 12.4. The number of rotatable bonds is 13. The van der Waals surface area contributed by atoms with Crippen molar-refractivity contribution in [3.05, 3.63) is 25.3 Å². The second-order valence-corrected chi connectivity index (χ2v) is 3.96. The van der Waals surface area contributed by atoms with E-state index in [2.05, 4.69) is 13.2 Å². The third-order valence-corrected chi connectivity index (χ3v) is 2.20. The quantitative estimate of drug-likeness (QED) is 0.241. The van der Waals surface area contributed by atoms with Crippen molar-refractivity contribution >= 4 is 11.9 Å². The third kappa shape index (κ3) is 11.4. The number of ether oxygens (including phenoxy) is 3. The lowest BCUT2D eigenvalue weighted by Crippen LogP contribution is -2.25. The van der Waals surface area contributed by atoms with Crippen LogP contribution in [0.15, 0.2) is 25.3 Å². The summed E-state index contributed by atoms with van der Waals surface area (Å²) in [5.41, 5.74) is 0. The largest absolute Gasteiger partial charge is 0.481 e. The van der Waals surface area contributed by atoms with Crippen molar-refractivity contribution in [1.29, 1.82) is 0 Å². The molecule has 6 heteroatoms. The average Bonchev–Trinajstić information content (AvgIpc) is 2.42. The molecule has 0 aromatic rings. The number of esters is 1. The van der Waals surface area contributed by atoms with Gasteiger partial charge in [0.1, 0.15) is 6.61 Å². The second-order valence-electron chi connectivity index (χ2n) is 3.96. The molecule has 0 aliphatic carbocycles. The van der Waals surface area contributed by atoms with Gasteiger partial charge in [-0.3, -0.25) is 9.59 Å². The number of carbonyl (C=O) groups is 2. The molecule has 0 rings (SSSR count). The molecule has 0 spiro atoms. The van der Waals surface area contributed by atoms with E-state index >= 15 is 0 Å². The summed E-state index contributed by atoms with van der Waals surface area (Å²) < 4.78 is 15.5. The number of carboxylic acid groups (broad SMARTS) is 1. The fourth-order valence-electron chi connectivity index (χ4n) is 1.27. The average molecular weight is 286 g/mol. The fraction of sp³-hybridized carbons (Fsp3) is 0.571. The monoisotopic (exact) mass is 286 g/mol. The van der Waals surface area contributed by atoms with E-state index in [0.29, 0.717) is 12.8 Å². The number of unbranched alkanes of at least 4 members (excludes halogenated alkanes) is 1. The van der Waals surface area contributed by atoms with Crippen LogP contribution in [0.1, 0.15) is 25.7 Å². The molecule has 0 aliphatic heterocycles. The summed E-state index contributed by atoms with van der Waals surface area (Å²) in [5, 5.41) is 8.45. The van der Waals surface area contributed by atoms with Crippen LogP contribution in [-0.4, -0.2) is 43.2 Å². The summed E-state index contributed by atoms with van der Waals surface area (Å²) in [6, 6.07) is 0. The summed E-state index contributed by atoms with van der Waals surface area (Å²) in [6.07, 6.45) is 3.65. The number of carbonyl (C=O) groups excluding carboxylic acids is 1. The minimum atomic E-state index is -0.867. The molecule has 20 heavy (non-hydrogen) atoms. The maximum Gasteiger partial charge on any atom is 0.305 e. The van der Waals surface area contributed by atoms with Gasteiger partial charge in [-0.25, -0.2) is 0 Å². The van der Waals surface area contributed by atoms with Gasteiger partial charge in [0.05, 0.1) is 13.2 Å². The van der Waals surface area contributed by atoms with Crippen LogP contribution in [-0.2, 0) is 23.8 Å². The molecule has 0 radical (unpaired) electrons. The highest BCUT2D eigenvalue weighted by molar-refractivity contribution is 5.69. The highest BCUT2D eigenvalue weighted by Crippen LogP contribution is 2.03. The topological polar surface area (TPSA) is 82.1 Å². The maximum absolute atomic E-state index is 11.4. The van der Waals surface area contributed by atoms with E-state index in [9.17, 15) is 9.59 Å². The molecular formula is C14H22O6. The Labute approximate surface area is 119 Å². The van der Waals surface area contributed by atoms with Gasteiger partial charge >= 0.3 is 11.9 Å². The first-order valence-corrected chi connectivity index (χ1v) is 6.42. The molecule has 0 aromatic heterocycles. The Morgan fingerprint density at radius 1 is 1.05 bits per heavy atom. The zero-order valence-electron chi connectivity index (χ0n) is 11.6. The molecule has 0 saturated heterocycles. The maximum atomic E-state index is 11.4. The van der Waals surface area contributed by atoms with Crippen LogP contribution in [0.5, 0.6) is 0 Å². The third-order valence-electron chi connectivity index (χ3n) is 2.20. The van der Waals surface area contributed by atoms with Crippen LogP contribution in [0.25, 0.3) is 0 Å². The Bertz CT molecular complexity index is 301. The van der Waals surface area contributed by atoms with E-state index in [0.717, 1.165) is 0 Å². The molecule has 1 N–H and O–H groups in total. The zero-order chi connectivity index (χ0) is 15.2. The van der Waals surface area contributed by atoms with Crippen molar-refractivity contribution in [3.63, 3.8) is 0 Å². The fourth-order valence-corrected chi connectivity index (χ4v) is 1.27. The lowest BCUT2D eigenvalue weighted by atomic mass is 10.2. The van der Waals surface area contributed by atoms with Crippen LogP contribution in [0.2, 0.25) is 0 Å². The molecule has 0 fully saturated rings. The highest BCUT2D eigenvalue weighted by Gasteiger charge is 2.12. The molecule has 114 valence electrons. The van der Waals surface area contributed by atoms with Crippen LogP contribution >= 0.6 is 0 Å². The van der Waals surface area contributed by atoms with Gasteiger partial charge in [-0.05, 0) is 12.8 Å². The minimum absolute atomic E-state index is 0.0144. The van der Waals surface area contributed by atoms with Gasteiger partial charge in [-0.1, -0.05) is 12.2 Å².